The van der Waals surface area contributed by atoms with Crippen molar-refractivity contribution >= 4 is 6.08 Å². The van der Waals surface area contributed by atoms with Crippen LogP contribution in [0.5, 0.6) is 0 Å². The summed E-state index contributed by atoms with van der Waals surface area (Å²) < 4.78 is 4.97. The van der Waals surface area contributed by atoms with Gasteiger partial charge < -0.3 is 10.1 Å². The number of ether oxygens (including phenoxy) is 1. The van der Waals surface area contributed by atoms with E-state index in [9.17, 15) is 0 Å². The molecule has 2 rings (SSSR count). The van der Waals surface area contributed by atoms with E-state index in [0.29, 0.717) is 0 Å². The van der Waals surface area contributed by atoms with Gasteiger partial charge in [0.05, 0.1) is 6.61 Å². The number of hydrogen-bond acceptors (Lipinski definition) is 2. The van der Waals surface area contributed by atoms with Crippen LogP contribution in [-0.2, 0) is 4.74 Å². The summed E-state index contributed by atoms with van der Waals surface area (Å²) in [6.45, 7) is 2.57. The third-order valence-electron chi connectivity index (χ3n) is 3.01. The Morgan fingerprint density at radius 1 is 1.41 bits per heavy atom. The molecule has 1 aliphatic rings. The SMILES string of the molecule is COCCNCC=Cc1cccc(C2CC2)c1. The molecule has 1 aromatic rings. The monoisotopic (exact) mass is 231 g/mol. The topological polar surface area (TPSA) is 21.3 Å². The van der Waals surface area contributed by atoms with Gasteiger partial charge in [-0.15, -0.1) is 0 Å². The van der Waals surface area contributed by atoms with Gasteiger partial charge >= 0.3 is 0 Å². The summed E-state index contributed by atoms with van der Waals surface area (Å²) in [5.74, 6) is 0.836. The Morgan fingerprint density at radius 2 is 2.29 bits per heavy atom. The van der Waals surface area contributed by atoms with Crippen LogP contribution in [0.25, 0.3) is 6.08 Å². The second-order valence-corrected chi connectivity index (χ2v) is 4.54. The third-order valence-corrected chi connectivity index (χ3v) is 3.01. The summed E-state index contributed by atoms with van der Waals surface area (Å²) in [4.78, 5) is 0. The van der Waals surface area contributed by atoms with Crippen molar-refractivity contribution in [1.29, 1.82) is 0 Å². The third kappa shape index (κ3) is 4.33. The van der Waals surface area contributed by atoms with Gasteiger partial charge in [-0.2, -0.15) is 0 Å². The highest BCUT2D eigenvalue weighted by Crippen LogP contribution is 2.40. The average molecular weight is 231 g/mol. The Morgan fingerprint density at radius 3 is 3.06 bits per heavy atom. The summed E-state index contributed by atoms with van der Waals surface area (Å²) in [5, 5.41) is 3.29. The molecule has 0 aromatic heterocycles. The standard InChI is InChI=1S/C15H21NO/c1-17-11-10-16-9-3-5-13-4-2-6-15(12-13)14-7-8-14/h2-6,12,14,16H,7-11H2,1H3. The van der Waals surface area contributed by atoms with Gasteiger partial charge in [0.2, 0.25) is 0 Å². The summed E-state index contributed by atoms with van der Waals surface area (Å²) in [6.07, 6.45) is 7.09. The summed E-state index contributed by atoms with van der Waals surface area (Å²) in [6, 6.07) is 8.87. The van der Waals surface area contributed by atoms with Crippen molar-refractivity contribution in [1.82, 2.24) is 5.32 Å². The first-order valence-electron chi connectivity index (χ1n) is 6.36. The van der Waals surface area contributed by atoms with Gasteiger partial charge in [0, 0.05) is 20.2 Å². The zero-order chi connectivity index (χ0) is 11.9. The normalized spacial score (nSPS) is 15.6. The van der Waals surface area contributed by atoms with E-state index in [0.717, 1.165) is 25.6 Å². The molecule has 1 N–H and O–H groups in total. The smallest absolute Gasteiger partial charge is 0.0587 e. The molecule has 2 nitrogen and oxygen atoms in total. The fourth-order valence-corrected chi connectivity index (χ4v) is 1.89. The van der Waals surface area contributed by atoms with E-state index < -0.39 is 0 Å². The van der Waals surface area contributed by atoms with Crippen molar-refractivity contribution in [3.63, 3.8) is 0 Å². The molecule has 0 amide bonds. The molecule has 0 saturated heterocycles. The largest absolute Gasteiger partial charge is 0.383 e. The lowest BCUT2D eigenvalue weighted by Crippen LogP contribution is -2.18. The van der Waals surface area contributed by atoms with Crippen LogP contribution in [0, 0.1) is 0 Å². The zero-order valence-electron chi connectivity index (χ0n) is 10.5. The Kier molecular flexibility index (Phi) is 4.77. The van der Waals surface area contributed by atoms with Crippen molar-refractivity contribution in [3.8, 4) is 0 Å². The molecule has 0 radical (unpaired) electrons. The van der Waals surface area contributed by atoms with Crippen LogP contribution in [0.3, 0.4) is 0 Å². The predicted octanol–water partition coefficient (Wildman–Crippen LogP) is 2.81. The second-order valence-electron chi connectivity index (χ2n) is 4.54. The zero-order valence-corrected chi connectivity index (χ0v) is 10.5. The first-order chi connectivity index (χ1) is 8.40. The second kappa shape index (κ2) is 6.58. The molecule has 0 spiro atoms. The maximum absolute atomic E-state index is 4.97. The van der Waals surface area contributed by atoms with Gasteiger partial charge in [-0.25, -0.2) is 0 Å². The minimum absolute atomic E-state index is 0.769. The van der Waals surface area contributed by atoms with Crippen molar-refractivity contribution < 1.29 is 4.74 Å². The molecule has 92 valence electrons. The van der Waals surface area contributed by atoms with Crippen molar-refractivity contribution in [3.05, 3.63) is 41.5 Å². The molecular formula is C15H21NO. The molecule has 17 heavy (non-hydrogen) atoms. The number of hydrogen-bond donors (Lipinski definition) is 1. The van der Waals surface area contributed by atoms with E-state index in [1.54, 1.807) is 7.11 Å². The summed E-state index contributed by atoms with van der Waals surface area (Å²) in [5.41, 5.74) is 2.81. The van der Waals surface area contributed by atoms with Crippen molar-refractivity contribution in [2.24, 2.45) is 0 Å². The number of benzene rings is 1. The minimum Gasteiger partial charge on any atom is -0.383 e. The minimum atomic E-state index is 0.769. The van der Waals surface area contributed by atoms with E-state index in [1.807, 2.05) is 0 Å². The maximum Gasteiger partial charge on any atom is 0.0587 e. The Hall–Kier alpha value is -1.12. The van der Waals surface area contributed by atoms with Crippen LogP contribution in [-0.4, -0.2) is 26.8 Å². The van der Waals surface area contributed by atoms with E-state index in [1.165, 1.54) is 24.0 Å². The van der Waals surface area contributed by atoms with E-state index >= 15 is 0 Å². The molecule has 1 saturated carbocycles. The molecule has 1 aromatic carbocycles. The average Bonchev–Trinajstić information content (AvgIpc) is 3.18. The number of methoxy groups -OCH3 is 1. The highest BCUT2D eigenvalue weighted by atomic mass is 16.5. The van der Waals surface area contributed by atoms with E-state index in [2.05, 4.69) is 41.7 Å². The molecule has 0 unspecified atom stereocenters. The number of nitrogens with one attached hydrogen (secondary N) is 1. The predicted molar refractivity (Wildman–Crippen MR) is 72.2 cm³/mol. The molecule has 1 aliphatic carbocycles. The van der Waals surface area contributed by atoms with Gasteiger partial charge in [-0.3, -0.25) is 0 Å². The lowest BCUT2D eigenvalue weighted by Gasteiger charge is -2.01. The lowest BCUT2D eigenvalue weighted by atomic mass is 10.1. The molecule has 0 bridgehead atoms. The van der Waals surface area contributed by atoms with Crippen molar-refractivity contribution in [2.45, 2.75) is 18.8 Å². The first kappa shape index (κ1) is 12.3. The summed E-state index contributed by atoms with van der Waals surface area (Å²) >= 11 is 0. The highest BCUT2D eigenvalue weighted by molar-refractivity contribution is 5.51. The highest BCUT2D eigenvalue weighted by Gasteiger charge is 2.22. The van der Waals surface area contributed by atoms with Crippen LogP contribution in [0.15, 0.2) is 30.3 Å². The lowest BCUT2D eigenvalue weighted by molar-refractivity contribution is 0.200. The van der Waals surface area contributed by atoms with Crippen LogP contribution in [0.4, 0.5) is 0 Å². The molecule has 0 aliphatic heterocycles. The Bertz CT molecular complexity index is 369. The molecule has 1 fully saturated rings. The van der Waals surface area contributed by atoms with Gasteiger partial charge in [0.1, 0.15) is 0 Å². The fraction of sp³-hybridized carbons (Fsp3) is 0.467. The Labute approximate surface area is 104 Å². The van der Waals surface area contributed by atoms with Crippen molar-refractivity contribution in [2.75, 3.05) is 26.8 Å². The molecular weight excluding hydrogens is 210 g/mol. The first-order valence-corrected chi connectivity index (χ1v) is 6.36. The molecule has 2 heteroatoms. The van der Waals surface area contributed by atoms with Gasteiger partial charge in [0.25, 0.3) is 0 Å². The van der Waals surface area contributed by atoms with Crippen LogP contribution < -0.4 is 5.32 Å². The quantitative estimate of drug-likeness (QED) is 0.729. The van der Waals surface area contributed by atoms with Crippen LogP contribution in [0.1, 0.15) is 29.9 Å². The van der Waals surface area contributed by atoms with Gasteiger partial charge in [-0.05, 0) is 29.9 Å². The van der Waals surface area contributed by atoms with Crippen LogP contribution >= 0.6 is 0 Å². The maximum atomic E-state index is 4.97. The number of rotatable bonds is 7. The van der Waals surface area contributed by atoms with Gasteiger partial charge in [-0.1, -0.05) is 36.4 Å². The Balaban J connectivity index is 1.77. The fourth-order valence-electron chi connectivity index (χ4n) is 1.89. The summed E-state index contributed by atoms with van der Waals surface area (Å²) in [7, 11) is 1.72. The van der Waals surface area contributed by atoms with Crippen LogP contribution in [0.2, 0.25) is 0 Å². The molecule has 0 atom stereocenters. The van der Waals surface area contributed by atoms with Gasteiger partial charge in [0.15, 0.2) is 0 Å². The van der Waals surface area contributed by atoms with E-state index in [4.69, 9.17) is 4.74 Å². The van der Waals surface area contributed by atoms with E-state index in [-0.39, 0.29) is 0 Å². The molecule has 0 heterocycles.